The monoisotopic (exact) mass is 294 g/mol. The summed E-state index contributed by atoms with van der Waals surface area (Å²) in [6.07, 6.45) is 3.82. The molecule has 0 unspecified atom stereocenters. The number of halogens is 1. The van der Waals surface area contributed by atoms with Gasteiger partial charge in [-0.05, 0) is 49.8 Å². The molecule has 1 aromatic rings. The molecule has 20 heavy (non-hydrogen) atoms. The minimum absolute atomic E-state index is 0.168. The van der Waals surface area contributed by atoms with Crippen LogP contribution < -0.4 is 10.6 Å². The Morgan fingerprint density at radius 3 is 2.70 bits per heavy atom. The average Bonchev–Trinajstić information content (AvgIpc) is 2.42. The molecule has 2 rings (SSSR count). The normalized spacial score (nSPS) is 25.8. The fourth-order valence-corrected chi connectivity index (χ4v) is 2.81. The lowest BCUT2D eigenvalue weighted by Gasteiger charge is -2.37. The molecule has 108 valence electrons. The summed E-state index contributed by atoms with van der Waals surface area (Å²) in [5.74, 6) is 0.425. The highest BCUT2D eigenvalue weighted by Crippen LogP contribution is 2.32. The molecule has 1 fully saturated rings. The fourth-order valence-electron chi connectivity index (χ4n) is 2.62. The summed E-state index contributed by atoms with van der Waals surface area (Å²) in [4.78, 5) is 23.4. The largest absolute Gasteiger partial charge is 0.344 e. The SMILES string of the molecule is CC1CCC(NC=O)(C(=O)Nc2cccc(Cl)c2)CC1. The van der Waals surface area contributed by atoms with E-state index in [0.29, 0.717) is 35.9 Å². The Labute approximate surface area is 123 Å². The van der Waals surface area contributed by atoms with Crippen molar-refractivity contribution in [1.29, 1.82) is 0 Å². The molecule has 1 aliphatic rings. The van der Waals surface area contributed by atoms with Crippen molar-refractivity contribution in [3.05, 3.63) is 29.3 Å². The van der Waals surface area contributed by atoms with Gasteiger partial charge >= 0.3 is 0 Å². The van der Waals surface area contributed by atoms with Crippen molar-refractivity contribution in [3.63, 3.8) is 0 Å². The first-order valence-electron chi connectivity index (χ1n) is 6.84. The van der Waals surface area contributed by atoms with Crippen LogP contribution in [-0.4, -0.2) is 17.9 Å². The highest BCUT2D eigenvalue weighted by Gasteiger charge is 2.40. The second-order valence-corrected chi connectivity index (χ2v) is 5.93. The molecule has 2 N–H and O–H groups in total. The highest BCUT2D eigenvalue weighted by molar-refractivity contribution is 6.30. The van der Waals surface area contributed by atoms with E-state index in [1.54, 1.807) is 24.3 Å². The van der Waals surface area contributed by atoms with E-state index in [2.05, 4.69) is 17.6 Å². The number of carbonyl (C=O) groups is 2. The Kier molecular flexibility index (Phi) is 4.65. The van der Waals surface area contributed by atoms with Crippen LogP contribution in [0, 0.1) is 5.92 Å². The summed E-state index contributed by atoms with van der Waals surface area (Å²) in [6, 6.07) is 7.00. The van der Waals surface area contributed by atoms with Crippen molar-refractivity contribution in [3.8, 4) is 0 Å². The topological polar surface area (TPSA) is 58.2 Å². The molecule has 1 saturated carbocycles. The van der Waals surface area contributed by atoms with Crippen LogP contribution in [0.15, 0.2) is 24.3 Å². The van der Waals surface area contributed by atoms with E-state index in [-0.39, 0.29) is 5.91 Å². The molecule has 0 heterocycles. The van der Waals surface area contributed by atoms with E-state index < -0.39 is 5.54 Å². The third kappa shape index (κ3) is 3.31. The fraction of sp³-hybridized carbons (Fsp3) is 0.467. The molecule has 0 radical (unpaired) electrons. The summed E-state index contributed by atoms with van der Waals surface area (Å²) in [5, 5.41) is 6.14. The average molecular weight is 295 g/mol. The molecule has 0 aliphatic heterocycles. The van der Waals surface area contributed by atoms with Gasteiger partial charge in [-0.3, -0.25) is 9.59 Å². The Morgan fingerprint density at radius 2 is 2.10 bits per heavy atom. The van der Waals surface area contributed by atoms with Gasteiger partial charge in [0.1, 0.15) is 5.54 Å². The minimum Gasteiger partial charge on any atom is -0.344 e. The maximum atomic E-state index is 12.5. The van der Waals surface area contributed by atoms with Crippen molar-refractivity contribution in [1.82, 2.24) is 5.32 Å². The molecule has 2 amide bonds. The molecule has 0 bridgehead atoms. The lowest BCUT2D eigenvalue weighted by atomic mass is 9.76. The molecular weight excluding hydrogens is 276 g/mol. The van der Waals surface area contributed by atoms with Crippen LogP contribution in [0.25, 0.3) is 0 Å². The standard InChI is InChI=1S/C15H19ClN2O2/c1-11-5-7-15(8-6-11,17-10-19)14(20)18-13-4-2-3-12(16)9-13/h2-4,9-11H,5-8H2,1H3,(H,17,19)(H,18,20). The van der Waals surface area contributed by atoms with E-state index in [4.69, 9.17) is 11.6 Å². The third-order valence-electron chi connectivity index (χ3n) is 3.98. The van der Waals surface area contributed by atoms with Gasteiger partial charge in [-0.25, -0.2) is 0 Å². The van der Waals surface area contributed by atoms with E-state index in [1.165, 1.54) is 0 Å². The molecule has 5 heteroatoms. The van der Waals surface area contributed by atoms with Gasteiger partial charge in [0, 0.05) is 10.7 Å². The van der Waals surface area contributed by atoms with Gasteiger partial charge < -0.3 is 10.6 Å². The molecule has 0 atom stereocenters. The van der Waals surface area contributed by atoms with Gasteiger partial charge in [0.05, 0.1) is 0 Å². The van der Waals surface area contributed by atoms with Gasteiger partial charge in [0.25, 0.3) is 0 Å². The summed E-state index contributed by atoms with van der Waals surface area (Å²) in [7, 11) is 0. The molecule has 0 spiro atoms. The number of benzene rings is 1. The van der Waals surface area contributed by atoms with Crippen molar-refractivity contribution >= 4 is 29.6 Å². The number of anilines is 1. The number of hydrogen-bond donors (Lipinski definition) is 2. The molecule has 0 aromatic heterocycles. The predicted octanol–water partition coefficient (Wildman–Crippen LogP) is 2.97. The van der Waals surface area contributed by atoms with Gasteiger partial charge in [-0.2, -0.15) is 0 Å². The molecule has 1 aromatic carbocycles. The number of rotatable bonds is 4. The van der Waals surface area contributed by atoms with Crippen LogP contribution in [0.2, 0.25) is 5.02 Å². The smallest absolute Gasteiger partial charge is 0.250 e. The number of hydrogen-bond acceptors (Lipinski definition) is 2. The second-order valence-electron chi connectivity index (χ2n) is 5.49. The van der Waals surface area contributed by atoms with Crippen LogP contribution in [-0.2, 0) is 9.59 Å². The number of carbonyl (C=O) groups excluding carboxylic acids is 2. The highest BCUT2D eigenvalue weighted by atomic mass is 35.5. The quantitative estimate of drug-likeness (QED) is 0.839. The van der Waals surface area contributed by atoms with E-state index >= 15 is 0 Å². The van der Waals surface area contributed by atoms with Crippen molar-refractivity contribution in [2.24, 2.45) is 5.92 Å². The first kappa shape index (κ1) is 14.9. The lowest BCUT2D eigenvalue weighted by Crippen LogP contribution is -2.56. The van der Waals surface area contributed by atoms with Crippen molar-refractivity contribution in [2.45, 2.75) is 38.1 Å². The van der Waals surface area contributed by atoms with Crippen LogP contribution in [0.4, 0.5) is 5.69 Å². The summed E-state index contributed by atoms with van der Waals surface area (Å²) >= 11 is 5.91. The summed E-state index contributed by atoms with van der Waals surface area (Å²) in [6.45, 7) is 2.17. The Morgan fingerprint density at radius 1 is 1.40 bits per heavy atom. The zero-order chi connectivity index (χ0) is 14.6. The first-order valence-corrected chi connectivity index (χ1v) is 7.22. The lowest BCUT2D eigenvalue weighted by molar-refractivity contribution is -0.127. The van der Waals surface area contributed by atoms with Gasteiger partial charge in [-0.15, -0.1) is 0 Å². The maximum Gasteiger partial charge on any atom is 0.250 e. The third-order valence-corrected chi connectivity index (χ3v) is 4.22. The zero-order valence-electron chi connectivity index (χ0n) is 11.5. The van der Waals surface area contributed by atoms with Gasteiger partial charge in [0.2, 0.25) is 12.3 Å². The van der Waals surface area contributed by atoms with Crippen molar-refractivity contribution in [2.75, 3.05) is 5.32 Å². The maximum absolute atomic E-state index is 12.5. The Bertz CT molecular complexity index is 496. The number of nitrogens with one attached hydrogen (secondary N) is 2. The second kappa shape index (κ2) is 6.27. The number of amides is 2. The minimum atomic E-state index is -0.795. The van der Waals surface area contributed by atoms with Gasteiger partial charge in [-0.1, -0.05) is 24.6 Å². The molecule has 1 aliphatic carbocycles. The predicted molar refractivity (Wildman–Crippen MR) is 79.6 cm³/mol. The molecular formula is C15H19ClN2O2. The molecule has 4 nitrogen and oxygen atoms in total. The Hall–Kier alpha value is -1.55. The zero-order valence-corrected chi connectivity index (χ0v) is 12.2. The van der Waals surface area contributed by atoms with Crippen LogP contribution in [0.1, 0.15) is 32.6 Å². The molecule has 0 saturated heterocycles. The van der Waals surface area contributed by atoms with Crippen molar-refractivity contribution < 1.29 is 9.59 Å². The summed E-state index contributed by atoms with van der Waals surface area (Å²) in [5.41, 5.74) is -0.149. The Balaban J connectivity index is 2.13. The van der Waals surface area contributed by atoms with Gasteiger partial charge in [0.15, 0.2) is 0 Å². The van der Waals surface area contributed by atoms with Crippen LogP contribution in [0.5, 0.6) is 0 Å². The van der Waals surface area contributed by atoms with E-state index in [9.17, 15) is 9.59 Å². The van der Waals surface area contributed by atoms with Crippen LogP contribution in [0.3, 0.4) is 0 Å². The summed E-state index contributed by atoms with van der Waals surface area (Å²) < 4.78 is 0. The van der Waals surface area contributed by atoms with Crippen LogP contribution >= 0.6 is 11.6 Å². The van der Waals surface area contributed by atoms with E-state index in [1.807, 2.05) is 0 Å². The first-order chi connectivity index (χ1) is 9.55. The van der Waals surface area contributed by atoms with E-state index in [0.717, 1.165) is 12.8 Å².